The Morgan fingerprint density at radius 2 is 1.86 bits per heavy atom. The van der Waals surface area contributed by atoms with Crippen LogP contribution >= 0.6 is 22.9 Å². The molecule has 154 valence electrons. The quantitative estimate of drug-likeness (QED) is 0.797. The minimum absolute atomic E-state index is 0.115. The number of rotatable bonds is 3. The average molecular weight is 433 g/mol. The number of hydrogen-bond acceptors (Lipinski definition) is 4. The van der Waals surface area contributed by atoms with Crippen LogP contribution < -0.4 is 10.2 Å². The van der Waals surface area contributed by atoms with Crippen molar-refractivity contribution in [3.8, 4) is 0 Å². The van der Waals surface area contributed by atoms with E-state index in [1.165, 1.54) is 11.3 Å². The second kappa shape index (κ2) is 9.05. The summed E-state index contributed by atoms with van der Waals surface area (Å²) in [7, 11) is 0. The van der Waals surface area contributed by atoms with Crippen LogP contribution in [-0.4, -0.2) is 61.0 Å². The third kappa shape index (κ3) is 4.85. The molecule has 1 atom stereocenters. The summed E-state index contributed by atoms with van der Waals surface area (Å²) in [6, 6.07) is 11.5. The number of nitrogens with zero attached hydrogens (tertiary/aromatic N) is 3. The molecule has 3 amide bonds. The minimum Gasteiger partial charge on any atom is -0.368 e. The number of carbonyl (C=O) groups is 2. The Morgan fingerprint density at radius 1 is 1.03 bits per heavy atom. The van der Waals surface area contributed by atoms with Crippen LogP contribution in [0.5, 0.6) is 0 Å². The molecule has 1 N–H and O–H groups in total. The number of amides is 3. The van der Waals surface area contributed by atoms with Crippen molar-refractivity contribution < 1.29 is 9.59 Å². The van der Waals surface area contributed by atoms with Crippen molar-refractivity contribution in [3.63, 3.8) is 0 Å². The van der Waals surface area contributed by atoms with Gasteiger partial charge in [-0.2, -0.15) is 0 Å². The summed E-state index contributed by atoms with van der Waals surface area (Å²) in [5.74, 6) is 0.0555. The second-order valence-electron chi connectivity index (χ2n) is 7.48. The number of nitrogens with one attached hydrogen (secondary N) is 1. The number of likely N-dealkylation sites (tertiary alicyclic amines) is 1. The van der Waals surface area contributed by atoms with Crippen LogP contribution in [0, 0.1) is 5.92 Å². The number of anilines is 2. The van der Waals surface area contributed by atoms with Crippen molar-refractivity contribution in [2.24, 2.45) is 5.92 Å². The highest BCUT2D eigenvalue weighted by molar-refractivity contribution is 7.14. The summed E-state index contributed by atoms with van der Waals surface area (Å²) in [5, 5.41) is 6.41. The summed E-state index contributed by atoms with van der Waals surface area (Å²) in [6.45, 7) is 4.17. The summed E-state index contributed by atoms with van der Waals surface area (Å²) in [4.78, 5) is 31.6. The first kappa shape index (κ1) is 20.0. The molecule has 2 saturated heterocycles. The Hall–Kier alpha value is -2.25. The zero-order valence-corrected chi connectivity index (χ0v) is 17.8. The van der Waals surface area contributed by atoms with Crippen molar-refractivity contribution >= 4 is 45.6 Å². The predicted octanol–water partition coefficient (Wildman–Crippen LogP) is 3.99. The maximum Gasteiger partial charge on any atom is 0.322 e. The van der Waals surface area contributed by atoms with Crippen LogP contribution in [0.4, 0.5) is 15.5 Å². The standard InChI is InChI=1S/C21H25ClN4O2S/c22-17-5-1-6-18(14-17)24-9-11-25(12-10-24)20(27)16-4-2-8-26(15-16)21(28)23-19-7-3-13-29-19/h1,3,5-7,13-14,16H,2,4,8-12,15H2,(H,23,28). The number of hydrogen-bond donors (Lipinski definition) is 1. The number of benzene rings is 1. The van der Waals surface area contributed by atoms with Gasteiger partial charge in [-0.1, -0.05) is 17.7 Å². The van der Waals surface area contributed by atoms with E-state index in [0.29, 0.717) is 26.2 Å². The Kier molecular flexibility index (Phi) is 6.25. The van der Waals surface area contributed by atoms with E-state index in [-0.39, 0.29) is 17.9 Å². The lowest BCUT2D eigenvalue weighted by molar-refractivity contribution is -0.137. The van der Waals surface area contributed by atoms with Gasteiger partial charge in [-0.3, -0.25) is 10.1 Å². The van der Waals surface area contributed by atoms with Crippen molar-refractivity contribution in [3.05, 3.63) is 46.8 Å². The fourth-order valence-corrected chi connectivity index (χ4v) is 4.81. The Labute approximate surface area is 180 Å². The van der Waals surface area contributed by atoms with Gasteiger partial charge in [0.25, 0.3) is 0 Å². The van der Waals surface area contributed by atoms with Gasteiger partial charge < -0.3 is 14.7 Å². The molecule has 0 spiro atoms. The van der Waals surface area contributed by atoms with E-state index in [1.54, 1.807) is 4.90 Å². The highest BCUT2D eigenvalue weighted by Crippen LogP contribution is 2.24. The van der Waals surface area contributed by atoms with Crippen LogP contribution in [0.1, 0.15) is 12.8 Å². The molecule has 2 aliphatic heterocycles. The summed E-state index contributed by atoms with van der Waals surface area (Å²) in [5.41, 5.74) is 1.10. The second-order valence-corrected chi connectivity index (χ2v) is 8.87. The van der Waals surface area contributed by atoms with Crippen molar-refractivity contribution in [2.75, 3.05) is 49.5 Å². The van der Waals surface area contributed by atoms with Crippen molar-refractivity contribution in [1.29, 1.82) is 0 Å². The first-order valence-corrected chi connectivity index (χ1v) is 11.2. The van der Waals surface area contributed by atoms with Crippen LogP contribution in [0.25, 0.3) is 0 Å². The van der Waals surface area contributed by atoms with E-state index < -0.39 is 0 Å². The Balaban J connectivity index is 1.31. The van der Waals surface area contributed by atoms with Gasteiger partial charge in [0.1, 0.15) is 0 Å². The lowest BCUT2D eigenvalue weighted by Crippen LogP contribution is -2.53. The molecule has 0 radical (unpaired) electrons. The molecule has 1 unspecified atom stereocenters. The van der Waals surface area contributed by atoms with Gasteiger partial charge in [0.15, 0.2) is 0 Å². The molecule has 1 aromatic heterocycles. The summed E-state index contributed by atoms with van der Waals surface area (Å²) in [6.07, 6.45) is 1.70. The van der Waals surface area contributed by atoms with Crippen molar-refractivity contribution in [2.45, 2.75) is 12.8 Å². The van der Waals surface area contributed by atoms with Gasteiger partial charge in [0.2, 0.25) is 5.91 Å². The molecule has 0 saturated carbocycles. The molecule has 6 nitrogen and oxygen atoms in total. The molecule has 3 heterocycles. The third-order valence-corrected chi connectivity index (χ3v) is 6.59. The molecule has 0 aliphatic carbocycles. The molecular formula is C21H25ClN4O2S. The van der Waals surface area contributed by atoms with E-state index in [0.717, 1.165) is 41.6 Å². The van der Waals surface area contributed by atoms with Crippen LogP contribution in [0.15, 0.2) is 41.8 Å². The predicted molar refractivity (Wildman–Crippen MR) is 118 cm³/mol. The van der Waals surface area contributed by atoms with Gasteiger partial charge >= 0.3 is 6.03 Å². The Bertz CT molecular complexity index is 852. The van der Waals surface area contributed by atoms with E-state index in [4.69, 9.17) is 11.6 Å². The van der Waals surface area contributed by atoms with Gasteiger partial charge in [-0.25, -0.2) is 4.79 Å². The number of piperidine rings is 1. The molecule has 2 fully saturated rings. The van der Waals surface area contributed by atoms with Gasteiger partial charge in [0.05, 0.1) is 10.9 Å². The molecule has 2 aliphatic rings. The number of carbonyl (C=O) groups excluding carboxylic acids is 2. The largest absolute Gasteiger partial charge is 0.368 e. The van der Waals surface area contributed by atoms with E-state index in [9.17, 15) is 9.59 Å². The molecule has 8 heteroatoms. The highest BCUT2D eigenvalue weighted by atomic mass is 35.5. The van der Waals surface area contributed by atoms with E-state index in [2.05, 4.69) is 16.3 Å². The highest BCUT2D eigenvalue weighted by Gasteiger charge is 2.32. The monoisotopic (exact) mass is 432 g/mol. The fourth-order valence-electron chi connectivity index (χ4n) is 4.01. The van der Waals surface area contributed by atoms with E-state index in [1.807, 2.05) is 40.6 Å². The Morgan fingerprint density at radius 3 is 2.59 bits per heavy atom. The molecule has 2 aromatic rings. The average Bonchev–Trinajstić information content (AvgIpc) is 3.26. The summed E-state index contributed by atoms with van der Waals surface area (Å²) >= 11 is 7.60. The topological polar surface area (TPSA) is 55.9 Å². The van der Waals surface area contributed by atoms with E-state index >= 15 is 0 Å². The fraction of sp³-hybridized carbons (Fsp3) is 0.429. The van der Waals surface area contributed by atoms with Crippen LogP contribution in [-0.2, 0) is 4.79 Å². The normalized spacial score (nSPS) is 19.9. The van der Waals surface area contributed by atoms with Crippen molar-refractivity contribution in [1.82, 2.24) is 9.80 Å². The molecule has 0 bridgehead atoms. The number of urea groups is 1. The lowest BCUT2D eigenvalue weighted by Gasteiger charge is -2.39. The van der Waals surface area contributed by atoms with Crippen LogP contribution in [0.3, 0.4) is 0 Å². The lowest BCUT2D eigenvalue weighted by atomic mass is 9.96. The SMILES string of the molecule is O=C(Nc1cccs1)N1CCCC(C(=O)N2CCN(c3cccc(Cl)c3)CC2)C1. The summed E-state index contributed by atoms with van der Waals surface area (Å²) < 4.78 is 0. The molecule has 29 heavy (non-hydrogen) atoms. The third-order valence-electron chi connectivity index (χ3n) is 5.57. The zero-order chi connectivity index (χ0) is 20.2. The number of halogens is 1. The first-order valence-electron chi connectivity index (χ1n) is 9.99. The van der Waals surface area contributed by atoms with Gasteiger partial charge in [-0.15, -0.1) is 11.3 Å². The number of thiophene rings is 1. The maximum atomic E-state index is 13.1. The molecule has 4 rings (SSSR count). The van der Waals surface area contributed by atoms with Gasteiger partial charge in [-0.05, 0) is 48.6 Å². The maximum absolute atomic E-state index is 13.1. The van der Waals surface area contributed by atoms with Crippen LogP contribution in [0.2, 0.25) is 5.02 Å². The minimum atomic E-state index is -0.115. The first-order chi connectivity index (χ1) is 14.1. The molecule has 1 aromatic carbocycles. The number of piperazine rings is 1. The smallest absolute Gasteiger partial charge is 0.322 e. The van der Waals surface area contributed by atoms with Gasteiger partial charge in [0, 0.05) is 50.0 Å². The zero-order valence-electron chi connectivity index (χ0n) is 16.2. The molecular weight excluding hydrogens is 408 g/mol.